The average molecular weight is 233 g/mol. The van der Waals surface area contributed by atoms with Crippen LogP contribution in [0.4, 0.5) is 13.2 Å². The fourth-order valence-electron chi connectivity index (χ4n) is 1.11. The van der Waals surface area contributed by atoms with Gasteiger partial charge < -0.3 is 5.32 Å². The van der Waals surface area contributed by atoms with Crippen LogP contribution in [0, 0.1) is 5.92 Å². The van der Waals surface area contributed by atoms with E-state index in [4.69, 9.17) is 0 Å². The molecule has 0 unspecified atom stereocenters. The van der Waals surface area contributed by atoms with E-state index >= 15 is 0 Å². The Bertz CT molecular complexity index is 281. The first kappa shape index (κ1) is 11.7. The molecule has 1 heterocycles. The number of halogens is 3. The van der Waals surface area contributed by atoms with Crippen molar-refractivity contribution in [2.75, 3.05) is 19.7 Å². The van der Waals surface area contributed by atoms with Gasteiger partial charge in [0.2, 0.25) is 0 Å². The lowest BCUT2D eigenvalue weighted by atomic mass is 10.1. The molecule has 0 amide bonds. The van der Waals surface area contributed by atoms with Crippen molar-refractivity contribution in [1.82, 2.24) is 5.32 Å². The first-order chi connectivity index (χ1) is 6.33. The molecular weight excluding hydrogens is 223 g/mol. The Morgan fingerprint density at radius 3 is 2.50 bits per heavy atom. The zero-order valence-corrected chi connectivity index (χ0v) is 7.99. The molecular formula is C6H10F3NO3S. The summed E-state index contributed by atoms with van der Waals surface area (Å²) in [5.74, 6) is -0.160. The molecule has 1 rings (SSSR count). The van der Waals surface area contributed by atoms with Gasteiger partial charge in [-0.1, -0.05) is 0 Å². The number of hydrogen-bond donors (Lipinski definition) is 1. The van der Waals surface area contributed by atoms with E-state index in [0.717, 1.165) is 0 Å². The van der Waals surface area contributed by atoms with E-state index in [9.17, 15) is 21.6 Å². The van der Waals surface area contributed by atoms with E-state index < -0.39 is 22.2 Å². The maximum absolute atomic E-state index is 11.8. The van der Waals surface area contributed by atoms with E-state index in [1.165, 1.54) is 0 Å². The summed E-state index contributed by atoms with van der Waals surface area (Å²) in [6.45, 7) is 0.766. The highest BCUT2D eigenvalue weighted by molar-refractivity contribution is 7.87. The second-order valence-electron chi connectivity index (χ2n) is 3.04. The molecule has 1 atom stereocenters. The van der Waals surface area contributed by atoms with Crippen molar-refractivity contribution < 1.29 is 25.8 Å². The molecule has 0 bridgehead atoms. The quantitative estimate of drug-likeness (QED) is 0.568. The molecule has 0 aromatic heterocycles. The molecule has 1 N–H and O–H groups in total. The van der Waals surface area contributed by atoms with Gasteiger partial charge in [0, 0.05) is 6.54 Å². The molecule has 4 nitrogen and oxygen atoms in total. The summed E-state index contributed by atoms with van der Waals surface area (Å²) in [6, 6.07) is 0. The molecule has 0 saturated carbocycles. The number of alkyl halides is 3. The SMILES string of the molecule is O=S(=O)(OC[C@@H]1CCNC1)C(F)(F)F. The zero-order valence-electron chi connectivity index (χ0n) is 7.17. The van der Waals surface area contributed by atoms with Gasteiger partial charge in [-0.2, -0.15) is 21.6 Å². The molecule has 0 aromatic rings. The monoisotopic (exact) mass is 233 g/mol. The Kier molecular flexibility index (Phi) is 3.38. The third-order valence-corrected chi connectivity index (χ3v) is 2.92. The first-order valence-electron chi connectivity index (χ1n) is 3.99. The Morgan fingerprint density at radius 2 is 2.07 bits per heavy atom. The second-order valence-corrected chi connectivity index (χ2v) is 4.65. The van der Waals surface area contributed by atoms with Crippen LogP contribution >= 0.6 is 0 Å². The lowest BCUT2D eigenvalue weighted by molar-refractivity contribution is -0.0549. The molecule has 0 aromatic carbocycles. The van der Waals surface area contributed by atoms with Gasteiger partial charge >= 0.3 is 15.6 Å². The highest BCUT2D eigenvalue weighted by Crippen LogP contribution is 2.25. The summed E-state index contributed by atoms with van der Waals surface area (Å²) >= 11 is 0. The second kappa shape index (κ2) is 4.03. The van der Waals surface area contributed by atoms with Gasteiger partial charge in [0.15, 0.2) is 0 Å². The normalized spacial score (nSPS) is 24.1. The largest absolute Gasteiger partial charge is 0.523 e. The Labute approximate surface area is 79.6 Å². The maximum Gasteiger partial charge on any atom is 0.523 e. The average Bonchev–Trinajstić information content (AvgIpc) is 2.50. The van der Waals surface area contributed by atoms with Crippen LogP contribution in [0.1, 0.15) is 6.42 Å². The Hall–Kier alpha value is -0.340. The van der Waals surface area contributed by atoms with Crippen molar-refractivity contribution in [1.29, 1.82) is 0 Å². The van der Waals surface area contributed by atoms with Crippen LogP contribution in [0.5, 0.6) is 0 Å². The van der Waals surface area contributed by atoms with Crippen LogP contribution in [0.3, 0.4) is 0 Å². The van der Waals surface area contributed by atoms with E-state index in [0.29, 0.717) is 19.5 Å². The van der Waals surface area contributed by atoms with Gasteiger partial charge in [0.25, 0.3) is 0 Å². The molecule has 1 aliphatic heterocycles. The van der Waals surface area contributed by atoms with E-state index in [-0.39, 0.29) is 5.92 Å². The van der Waals surface area contributed by atoms with Crippen molar-refractivity contribution in [2.45, 2.75) is 11.9 Å². The molecule has 8 heteroatoms. The third-order valence-electron chi connectivity index (χ3n) is 1.90. The summed E-state index contributed by atoms with van der Waals surface area (Å²) in [5, 5.41) is 2.89. The lowest BCUT2D eigenvalue weighted by Gasteiger charge is -2.11. The maximum atomic E-state index is 11.8. The molecule has 14 heavy (non-hydrogen) atoms. The van der Waals surface area contributed by atoms with Crippen LogP contribution in [0.25, 0.3) is 0 Å². The number of rotatable bonds is 3. The van der Waals surface area contributed by atoms with Gasteiger partial charge in [0.1, 0.15) is 0 Å². The van der Waals surface area contributed by atoms with Crippen LogP contribution in [-0.4, -0.2) is 33.6 Å². The number of hydrogen-bond acceptors (Lipinski definition) is 4. The van der Waals surface area contributed by atoms with Gasteiger partial charge in [-0.15, -0.1) is 0 Å². The Morgan fingerprint density at radius 1 is 1.43 bits per heavy atom. The minimum Gasteiger partial charge on any atom is -0.316 e. The van der Waals surface area contributed by atoms with Crippen molar-refractivity contribution in [3.8, 4) is 0 Å². The molecule has 0 radical (unpaired) electrons. The van der Waals surface area contributed by atoms with Crippen LogP contribution in [0.15, 0.2) is 0 Å². The van der Waals surface area contributed by atoms with Crippen molar-refractivity contribution in [3.63, 3.8) is 0 Å². The first-order valence-corrected chi connectivity index (χ1v) is 5.40. The molecule has 1 saturated heterocycles. The summed E-state index contributed by atoms with van der Waals surface area (Å²) in [5.41, 5.74) is -5.32. The fourth-order valence-corrected chi connectivity index (χ4v) is 1.61. The van der Waals surface area contributed by atoms with Crippen LogP contribution in [0.2, 0.25) is 0 Å². The summed E-state index contributed by atoms with van der Waals surface area (Å²) < 4.78 is 60.1. The van der Waals surface area contributed by atoms with Crippen molar-refractivity contribution in [3.05, 3.63) is 0 Å². The Balaban J connectivity index is 2.44. The van der Waals surface area contributed by atoms with Crippen LogP contribution < -0.4 is 5.32 Å². The van der Waals surface area contributed by atoms with Gasteiger partial charge in [-0.05, 0) is 18.9 Å². The standard InChI is InChI=1S/C6H10F3NO3S/c7-6(8,9)14(11,12)13-4-5-1-2-10-3-5/h5,10H,1-4H2/t5-/m1/s1. The summed E-state index contributed by atoms with van der Waals surface area (Å²) in [7, 11) is -5.41. The predicted molar refractivity (Wildman–Crippen MR) is 41.9 cm³/mol. The van der Waals surface area contributed by atoms with Gasteiger partial charge in [0.05, 0.1) is 6.61 Å². The molecule has 1 fully saturated rings. The summed E-state index contributed by atoms with van der Waals surface area (Å²) in [6.07, 6.45) is 0.632. The van der Waals surface area contributed by atoms with E-state index in [2.05, 4.69) is 9.50 Å². The summed E-state index contributed by atoms with van der Waals surface area (Å²) in [4.78, 5) is 0. The minimum atomic E-state index is -5.41. The highest BCUT2D eigenvalue weighted by Gasteiger charge is 2.47. The smallest absolute Gasteiger partial charge is 0.316 e. The zero-order chi connectivity index (χ0) is 10.8. The van der Waals surface area contributed by atoms with Crippen LogP contribution in [-0.2, 0) is 14.3 Å². The van der Waals surface area contributed by atoms with Gasteiger partial charge in [-0.25, -0.2) is 0 Å². The minimum absolute atomic E-state index is 0.160. The molecule has 84 valence electrons. The predicted octanol–water partition coefficient (Wildman–Crippen LogP) is 0.462. The molecule has 0 spiro atoms. The van der Waals surface area contributed by atoms with E-state index in [1.807, 2.05) is 0 Å². The lowest BCUT2D eigenvalue weighted by Crippen LogP contribution is -2.28. The fraction of sp³-hybridized carbons (Fsp3) is 1.00. The number of nitrogens with one attached hydrogen (secondary N) is 1. The highest BCUT2D eigenvalue weighted by atomic mass is 32.2. The molecule has 0 aliphatic carbocycles. The van der Waals surface area contributed by atoms with E-state index in [1.54, 1.807) is 0 Å². The molecule has 1 aliphatic rings. The topological polar surface area (TPSA) is 55.4 Å². The van der Waals surface area contributed by atoms with Crippen molar-refractivity contribution in [2.24, 2.45) is 5.92 Å². The van der Waals surface area contributed by atoms with Gasteiger partial charge in [-0.3, -0.25) is 4.18 Å². The third kappa shape index (κ3) is 2.82. The van der Waals surface area contributed by atoms with Crippen molar-refractivity contribution >= 4 is 10.1 Å².